The molecule has 2 heteroatoms. The predicted octanol–water partition coefficient (Wildman–Crippen LogP) is 2.29. The highest BCUT2D eigenvalue weighted by atomic mass is 16.1. The summed E-state index contributed by atoms with van der Waals surface area (Å²) < 4.78 is 0. The normalized spacial score (nSPS) is 9.00. The topological polar surface area (TPSA) is 30.0 Å². The van der Waals surface area contributed by atoms with Crippen molar-refractivity contribution >= 4 is 6.29 Å². The van der Waals surface area contributed by atoms with Crippen LogP contribution in [0.5, 0.6) is 0 Å². The summed E-state index contributed by atoms with van der Waals surface area (Å²) >= 11 is 0. The Bertz CT molecular complexity index is 550. The molecule has 2 aromatic rings. The van der Waals surface area contributed by atoms with Crippen LogP contribution in [0.4, 0.5) is 0 Å². The van der Waals surface area contributed by atoms with E-state index in [1.54, 1.807) is 12.3 Å². The van der Waals surface area contributed by atoms with Gasteiger partial charge in [0.15, 0.2) is 6.29 Å². The van der Waals surface area contributed by atoms with Gasteiger partial charge in [0.1, 0.15) is 5.69 Å². The van der Waals surface area contributed by atoms with E-state index >= 15 is 0 Å². The Labute approximate surface area is 94.0 Å². The fourth-order valence-corrected chi connectivity index (χ4v) is 1.28. The number of carbonyl (C=O) groups excluding carboxylic acids is 1. The molecule has 0 aliphatic heterocycles. The van der Waals surface area contributed by atoms with Gasteiger partial charge in [-0.1, -0.05) is 30.2 Å². The number of benzene rings is 1. The monoisotopic (exact) mass is 207 g/mol. The molecule has 2 nitrogen and oxygen atoms in total. The van der Waals surface area contributed by atoms with Crippen molar-refractivity contribution in [1.82, 2.24) is 4.98 Å². The van der Waals surface area contributed by atoms with Gasteiger partial charge < -0.3 is 0 Å². The van der Waals surface area contributed by atoms with E-state index in [1.165, 1.54) is 0 Å². The van der Waals surface area contributed by atoms with Crippen LogP contribution in [-0.2, 0) is 0 Å². The first-order valence-corrected chi connectivity index (χ1v) is 4.87. The fourth-order valence-electron chi connectivity index (χ4n) is 1.28. The highest BCUT2D eigenvalue weighted by molar-refractivity contribution is 5.79. The molecule has 0 radical (unpaired) electrons. The van der Waals surface area contributed by atoms with Crippen molar-refractivity contribution in [2.24, 2.45) is 0 Å². The van der Waals surface area contributed by atoms with Crippen molar-refractivity contribution in [1.29, 1.82) is 0 Å². The molecule has 16 heavy (non-hydrogen) atoms. The van der Waals surface area contributed by atoms with Crippen molar-refractivity contribution < 1.29 is 4.79 Å². The maximum Gasteiger partial charge on any atom is 0.151 e. The minimum atomic E-state index is 0.603. The summed E-state index contributed by atoms with van der Waals surface area (Å²) in [5.41, 5.74) is 2.03. The number of pyridine rings is 1. The molecule has 1 aromatic heterocycles. The number of hydrogen-bond donors (Lipinski definition) is 0. The molecule has 0 aliphatic rings. The molecule has 1 heterocycles. The highest BCUT2D eigenvalue weighted by Crippen LogP contribution is 2.04. The molecule has 0 atom stereocenters. The predicted molar refractivity (Wildman–Crippen MR) is 62.0 cm³/mol. The molecule has 0 aliphatic carbocycles. The minimum absolute atomic E-state index is 0.603. The van der Waals surface area contributed by atoms with E-state index in [0.717, 1.165) is 11.8 Å². The van der Waals surface area contributed by atoms with Crippen LogP contribution in [0.15, 0.2) is 48.7 Å². The van der Waals surface area contributed by atoms with Gasteiger partial charge in [0.05, 0.1) is 0 Å². The van der Waals surface area contributed by atoms with E-state index in [-0.39, 0.29) is 0 Å². The standard InChI is InChI=1S/C14H9NO/c16-11-13-6-2-1-5-12(13)8-9-14-7-3-4-10-15-14/h1-7,10-11H. The molecule has 0 amide bonds. The quantitative estimate of drug-likeness (QED) is 0.530. The molecule has 1 aromatic carbocycles. The van der Waals surface area contributed by atoms with Crippen LogP contribution >= 0.6 is 0 Å². The lowest BCUT2D eigenvalue weighted by molar-refractivity contribution is 0.112. The zero-order valence-corrected chi connectivity index (χ0v) is 8.55. The molecule has 0 saturated heterocycles. The van der Waals surface area contributed by atoms with Gasteiger partial charge in [-0.2, -0.15) is 0 Å². The fraction of sp³-hybridized carbons (Fsp3) is 0. The van der Waals surface area contributed by atoms with E-state index in [2.05, 4.69) is 16.8 Å². The van der Waals surface area contributed by atoms with Crippen LogP contribution in [0.2, 0.25) is 0 Å². The molecule has 76 valence electrons. The minimum Gasteiger partial charge on any atom is -0.298 e. The van der Waals surface area contributed by atoms with Crippen LogP contribution in [0.1, 0.15) is 21.6 Å². The number of aromatic nitrogens is 1. The van der Waals surface area contributed by atoms with Gasteiger partial charge in [0.2, 0.25) is 0 Å². The second-order valence-corrected chi connectivity index (χ2v) is 3.17. The van der Waals surface area contributed by atoms with Gasteiger partial charge in [0, 0.05) is 17.3 Å². The van der Waals surface area contributed by atoms with E-state index in [4.69, 9.17) is 0 Å². The number of nitrogens with zero attached hydrogens (tertiary/aromatic N) is 1. The zero-order valence-electron chi connectivity index (χ0n) is 8.55. The molecular formula is C14H9NO. The van der Waals surface area contributed by atoms with E-state index < -0.39 is 0 Å². The third-order valence-electron chi connectivity index (χ3n) is 2.08. The molecule has 0 unspecified atom stereocenters. The van der Waals surface area contributed by atoms with Crippen molar-refractivity contribution in [2.45, 2.75) is 0 Å². The Morgan fingerprint density at radius 2 is 1.81 bits per heavy atom. The van der Waals surface area contributed by atoms with Crippen LogP contribution in [-0.4, -0.2) is 11.3 Å². The summed E-state index contributed by atoms with van der Waals surface area (Å²) in [5.74, 6) is 5.85. The average molecular weight is 207 g/mol. The first-order valence-electron chi connectivity index (χ1n) is 4.87. The largest absolute Gasteiger partial charge is 0.298 e. The number of hydrogen-bond acceptors (Lipinski definition) is 2. The van der Waals surface area contributed by atoms with Gasteiger partial charge in [-0.05, 0) is 24.1 Å². The molecular weight excluding hydrogens is 198 g/mol. The highest BCUT2D eigenvalue weighted by Gasteiger charge is 1.95. The van der Waals surface area contributed by atoms with Crippen molar-refractivity contribution in [3.63, 3.8) is 0 Å². The van der Waals surface area contributed by atoms with Gasteiger partial charge in [-0.15, -0.1) is 0 Å². The second-order valence-electron chi connectivity index (χ2n) is 3.17. The maximum atomic E-state index is 10.8. The van der Waals surface area contributed by atoms with Crippen molar-refractivity contribution in [2.75, 3.05) is 0 Å². The van der Waals surface area contributed by atoms with Gasteiger partial charge in [-0.25, -0.2) is 4.98 Å². The van der Waals surface area contributed by atoms with Crippen LogP contribution in [0.25, 0.3) is 0 Å². The molecule has 0 saturated carbocycles. The van der Waals surface area contributed by atoms with Gasteiger partial charge in [0.25, 0.3) is 0 Å². The molecule has 0 spiro atoms. The third-order valence-corrected chi connectivity index (χ3v) is 2.08. The molecule has 2 rings (SSSR count). The van der Waals surface area contributed by atoms with Gasteiger partial charge in [-0.3, -0.25) is 4.79 Å². The second kappa shape index (κ2) is 4.90. The summed E-state index contributed by atoms with van der Waals surface area (Å²) in [6.07, 6.45) is 2.50. The van der Waals surface area contributed by atoms with E-state index in [9.17, 15) is 4.79 Å². The number of aldehydes is 1. The first-order chi connectivity index (χ1) is 7.90. The summed E-state index contributed by atoms with van der Waals surface area (Å²) in [6, 6.07) is 12.8. The average Bonchev–Trinajstić information content (AvgIpc) is 2.38. The summed E-state index contributed by atoms with van der Waals surface area (Å²) in [7, 11) is 0. The van der Waals surface area contributed by atoms with Crippen molar-refractivity contribution in [3.8, 4) is 11.8 Å². The maximum absolute atomic E-state index is 10.8. The van der Waals surface area contributed by atoms with Crippen molar-refractivity contribution in [3.05, 3.63) is 65.5 Å². The van der Waals surface area contributed by atoms with Crippen LogP contribution < -0.4 is 0 Å². The molecule has 0 fully saturated rings. The first kappa shape index (κ1) is 10.1. The lowest BCUT2D eigenvalue weighted by Gasteiger charge is -1.93. The molecule has 0 N–H and O–H groups in total. The smallest absolute Gasteiger partial charge is 0.151 e. The SMILES string of the molecule is O=Cc1ccccc1C#Cc1ccccn1. The Kier molecular flexibility index (Phi) is 3.10. The summed E-state index contributed by atoms with van der Waals surface area (Å²) in [5, 5.41) is 0. The zero-order chi connectivity index (χ0) is 11.2. The lowest BCUT2D eigenvalue weighted by Crippen LogP contribution is -1.86. The number of carbonyl (C=O) groups is 1. The van der Waals surface area contributed by atoms with E-state index in [1.807, 2.05) is 36.4 Å². The van der Waals surface area contributed by atoms with Gasteiger partial charge >= 0.3 is 0 Å². The van der Waals surface area contributed by atoms with Crippen LogP contribution in [0, 0.1) is 11.8 Å². The number of rotatable bonds is 1. The lowest BCUT2D eigenvalue weighted by atomic mass is 10.1. The summed E-state index contributed by atoms with van der Waals surface area (Å²) in [6.45, 7) is 0. The Hall–Kier alpha value is -2.40. The van der Waals surface area contributed by atoms with Crippen LogP contribution in [0.3, 0.4) is 0 Å². The third kappa shape index (κ3) is 2.34. The molecule has 0 bridgehead atoms. The Balaban J connectivity index is 2.34. The summed E-state index contributed by atoms with van der Waals surface area (Å²) in [4.78, 5) is 14.8. The Morgan fingerprint density at radius 3 is 2.56 bits per heavy atom. The Morgan fingerprint density at radius 1 is 1.00 bits per heavy atom. The van der Waals surface area contributed by atoms with E-state index in [0.29, 0.717) is 11.3 Å².